The van der Waals surface area contributed by atoms with Crippen molar-refractivity contribution in [3.63, 3.8) is 0 Å². The molecule has 1 aliphatic heterocycles. The van der Waals surface area contributed by atoms with Crippen LogP contribution >= 0.6 is 0 Å². The minimum atomic E-state index is -0.721. The lowest BCUT2D eigenvalue weighted by atomic mass is 10.0. The minimum absolute atomic E-state index is 0.672. The Balaban J connectivity index is 1.46. The standard InChI is InChI=1S/C23H28N4O/c1-18-6-5-7-19(16-18)17-26-12-14-27(15-13-26)21-9-4-3-8-20(21)22(28)23-24-10-11-25(23)2/h3-11,16,22,28H,12-15,17H2,1-2H3/t22-/m1/s1. The fourth-order valence-electron chi connectivity index (χ4n) is 4.00. The highest BCUT2D eigenvalue weighted by atomic mass is 16.3. The van der Waals surface area contributed by atoms with Crippen molar-refractivity contribution in [1.82, 2.24) is 14.5 Å². The van der Waals surface area contributed by atoms with Gasteiger partial charge in [0, 0.05) is 63.4 Å². The summed E-state index contributed by atoms with van der Waals surface area (Å²) in [5.74, 6) is 0.672. The van der Waals surface area contributed by atoms with Gasteiger partial charge < -0.3 is 14.6 Å². The van der Waals surface area contributed by atoms with Crippen LogP contribution in [-0.4, -0.2) is 45.7 Å². The number of benzene rings is 2. The maximum absolute atomic E-state index is 10.9. The van der Waals surface area contributed by atoms with Gasteiger partial charge in [-0.1, -0.05) is 48.0 Å². The molecule has 146 valence electrons. The van der Waals surface area contributed by atoms with Crippen LogP contribution in [0.15, 0.2) is 60.9 Å². The Morgan fingerprint density at radius 1 is 1.04 bits per heavy atom. The van der Waals surface area contributed by atoms with Gasteiger partial charge >= 0.3 is 0 Å². The van der Waals surface area contributed by atoms with Gasteiger partial charge in [0.05, 0.1) is 0 Å². The molecule has 1 saturated heterocycles. The average molecular weight is 377 g/mol. The smallest absolute Gasteiger partial charge is 0.142 e. The van der Waals surface area contributed by atoms with Crippen LogP contribution < -0.4 is 4.90 Å². The zero-order valence-electron chi connectivity index (χ0n) is 16.6. The Labute approximate surface area is 166 Å². The Morgan fingerprint density at radius 3 is 2.54 bits per heavy atom. The van der Waals surface area contributed by atoms with E-state index >= 15 is 0 Å². The van der Waals surface area contributed by atoms with Crippen LogP contribution in [0.4, 0.5) is 5.69 Å². The second-order valence-corrected chi connectivity index (χ2v) is 7.61. The largest absolute Gasteiger partial charge is 0.380 e. The number of aryl methyl sites for hydroxylation is 2. The van der Waals surface area contributed by atoms with E-state index in [0.29, 0.717) is 5.82 Å². The highest BCUT2D eigenvalue weighted by Gasteiger charge is 2.23. The summed E-state index contributed by atoms with van der Waals surface area (Å²) in [6, 6.07) is 16.9. The van der Waals surface area contributed by atoms with Crippen molar-refractivity contribution in [1.29, 1.82) is 0 Å². The Morgan fingerprint density at radius 2 is 1.82 bits per heavy atom. The number of anilines is 1. The van der Waals surface area contributed by atoms with Gasteiger partial charge in [0.1, 0.15) is 11.9 Å². The van der Waals surface area contributed by atoms with Crippen LogP contribution in [0, 0.1) is 6.92 Å². The van der Waals surface area contributed by atoms with Crippen molar-refractivity contribution in [2.75, 3.05) is 31.1 Å². The number of para-hydroxylation sites is 1. The van der Waals surface area contributed by atoms with Crippen LogP contribution in [0.5, 0.6) is 0 Å². The van der Waals surface area contributed by atoms with Gasteiger partial charge in [-0.3, -0.25) is 4.90 Å². The van der Waals surface area contributed by atoms with E-state index in [1.807, 2.05) is 36.0 Å². The molecule has 1 atom stereocenters. The third-order valence-electron chi connectivity index (χ3n) is 5.54. The molecule has 0 saturated carbocycles. The normalized spacial score (nSPS) is 16.3. The summed E-state index contributed by atoms with van der Waals surface area (Å²) in [6.07, 6.45) is 2.87. The van der Waals surface area contributed by atoms with E-state index in [-0.39, 0.29) is 0 Å². The second-order valence-electron chi connectivity index (χ2n) is 7.61. The predicted octanol–water partition coefficient (Wildman–Crippen LogP) is 3.13. The van der Waals surface area contributed by atoms with Crippen molar-refractivity contribution < 1.29 is 5.11 Å². The predicted molar refractivity (Wildman–Crippen MR) is 112 cm³/mol. The highest BCUT2D eigenvalue weighted by Crippen LogP contribution is 2.30. The average Bonchev–Trinajstić information content (AvgIpc) is 3.14. The van der Waals surface area contributed by atoms with Crippen molar-refractivity contribution >= 4 is 5.69 Å². The van der Waals surface area contributed by atoms with Gasteiger partial charge in [-0.15, -0.1) is 0 Å². The number of aromatic nitrogens is 2. The zero-order valence-corrected chi connectivity index (χ0v) is 16.6. The molecule has 2 heterocycles. The lowest BCUT2D eigenvalue weighted by molar-refractivity contribution is 0.205. The van der Waals surface area contributed by atoms with Crippen LogP contribution in [0.2, 0.25) is 0 Å². The van der Waals surface area contributed by atoms with Crippen molar-refractivity contribution in [3.05, 3.63) is 83.4 Å². The van der Waals surface area contributed by atoms with E-state index in [4.69, 9.17) is 0 Å². The highest BCUT2D eigenvalue weighted by molar-refractivity contribution is 5.56. The maximum atomic E-state index is 10.9. The number of aliphatic hydroxyl groups is 1. The lowest BCUT2D eigenvalue weighted by Crippen LogP contribution is -2.46. The minimum Gasteiger partial charge on any atom is -0.380 e. The molecule has 1 aliphatic rings. The number of aliphatic hydroxyl groups excluding tert-OH is 1. The fourth-order valence-corrected chi connectivity index (χ4v) is 4.00. The van der Waals surface area contributed by atoms with Gasteiger partial charge in [-0.2, -0.15) is 0 Å². The summed E-state index contributed by atoms with van der Waals surface area (Å²) in [6.45, 7) is 7.08. The third-order valence-corrected chi connectivity index (χ3v) is 5.54. The van der Waals surface area contributed by atoms with Crippen molar-refractivity contribution in [2.24, 2.45) is 7.05 Å². The Hall–Kier alpha value is -2.63. The van der Waals surface area contributed by atoms with E-state index in [2.05, 4.69) is 52.0 Å². The first kappa shape index (κ1) is 18.7. The van der Waals surface area contributed by atoms with E-state index in [9.17, 15) is 5.11 Å². The van der Waals surface area contributed by atoms with Crippen molar-refractivity contribution in [2.45, 2.75) is 19.6 Å². The van der Waals surface area contributed by atoms with Gasteiger partial charge in [-0.05, 0) is 18.6 Å². The molecular formula is C23H28N4O. The summed E-state index contributed by atoms with van der Waals surface area (Å²) >= 11 is 0. The molecule has 28 heavy (non-hydrogen) atoms. The number of hydrogen-bond donors (Lipinski definition) is 1. The van der Waals surface area contributed by atoms with E-state index in [1.165, 1.54) is 11.1 Å². The molecule has 5 heteroatoms. The second kappa shape index (κ2) is 8.17. The molecule has 5 nitrogen and oxygen atoms in total. The molecule has 4 rings (SSSR count). The number of rotatable bonds is 5. The van der Waals surface area contributed by atoms with Crippen LogP contribution in [0.3, 0.4) is 0 Å². The lowest BCUT2D eigenvalue weighted by Gasteiger charge is -2.37. The monoisotopic (exact) mass is 376 g/mol. The van der Waals surface area contributed by atoms with Gasteiger partial charge in [-0.25, -0.2) is 4.98 Å². The molecule has 0 spiro atoms. The third kappa shape index (κ3) is 3.96. The molecule has 3 aromatic rings. The van der Waals surface area contributed by atoms with E-state index in [0.717, 1.165) is 44.0 Å². The number of hydrogen-bond acceptors (Lipinski definition) is 4. The summed E-state index contributed by atoms with van der Waals surface area (Å²) < 4.78 is 1.88. The fraction of sp³-hybridized carbons (Fsp3) is 0.348. The molecule has 0 unspecified atom stereocenters. The topological polar surface area (TPSA) is 44.5 Å². The SMILES string of the molecule is Cc1cccc(CN2CCN(c3ccccc3[C@@H](O)c3nccn3C)CC2)c1. The Kier molecular flexibility index (Phi) is 5.46. The van der Waals surface area contributed by atoms with Crippen LogP contribution in [0.1, 0.15) is 28.6 Å². The van der Waals surface area contributed by atoms with Gasteiger partial charge in [0.15, 0.2) is 0 Å². The number of nitrogens with zero attached hydrogens (tertiary/aromatic N) is 4. The van der Waals surface area contributed by atoms with Crippen LogP contribution in [-0.2, 0) is 13.6 Å². The molecule has 1 fully saturated rings. The van der Waals surface area contributed by atoms with Gasteiger partial charge in [0.2, 0.25) is 0 Å². The summed E-state index contributed by atoms with van der Waals surface area (Å²) in [5, 5.41) is 10.9. The maximum Gasteiger partial charge on any atom is 0.142 e. The molecule has 1 N–H and O–H groups in total. The Bertz CT molecular complexity index is 928. The summed E-state index contributed by atoms with van der Waals surface area (Å²) in [7, 11) is 1.91. The molecule has 0 radical (unpaired) electrons. The molecule has 0 bridgehead atoms. The molecule has 0 amide bonds. The number of imidazole rings is 1. The van der Waals surface area contributed by atoms with Crippen molar-refractivity contribution in [3.8, 4) is 0 Å². The summed E-state index contributed by atoms with van der Waals surface area (Å²) in [5.41, 5.74) is 4.71. The molecular weight excluding hydrogens is 348 g/mol. The van der Waals surface area contributed by atoms with E-state index < -0.39 is 6.10 Å². The number of piperazine rings is 1. The molecule has 2 aromatic carbocycles. The summed E-state index contributed by atoms with van der Waals surface area (Å²) in [4.78, 5) is 9.22. The first-order valence-electron chi connectivity index (χ1n) is 9.89. The first-order valence-corrected chi connectivity index (χ1v) is 9.89. The van der Waals surface area contributed by atoms with Crippen LogP contribution in [0.25, 0.3) is 0 Å². The van der Waals surface area contributed by atoms with Gasteiger partial charge in [0.25, 0.3) is 0 Å². The van der Waals surface area contributed by atoms with E-state index in [1.54, 1.807) is 6.20 Å². The first-order chi connectivity index (χ1) is 13.6. The zero-order chi connectivity index (χ0) is 19.5. The molecule has 1 aromatic heterocycles. The molecule has 0 aliphatic carbocycles. The quantitative estimate of drug-likeness (QED) is 0.743.